The molecule has 0 radical (unpaired) electrons. The fourth-order valence-electron chi connectivity index (χ4n) is 2.75. The summed E-state index contributed by atoms with van der Waals surface area (Å²) in [4.78, 5) is 20.6. The van der Waals surface area contributed by atoms with Crippen molar-refractivity contribution in [3.8, 4) is 5.75 Å². The number of halogens is 1. The lowest BCUT2D eigenvalue weighted by Crippen LogP contribution is -2.49. The standard InChI is InChI=1S/C18H22FN3O3/c1-13-14(2)25-17(20-13)11-21-7-9-22(10-8-21)18(23)12-24-16-6-4-3-5-15(16)19/h3-6H,7-12H2,1-2H3. The minimum atomic E-state index is -0.461. The molecule has 1 aliphatic heterocycles. The zero-order valence-corrected chi connectivity index (χ0v) is 14.5. The summed E-state index contributed by atoms with van der Waals surface area (Å²) in [6.07, 6.45) is 0. The molecule has 2 heterocycles. The Kier molecular flexibility index (Phi) is 5.33. The normalized spacial score (nSPS) is 15.4. The molecule has 0 spiro atoms. The third-order valence-electron chi connectivity index (χ3n) is 4.34. The molecular formula is C18H22FN3O3. The Bertz CT molecular complexity index is 719. The molecule has 6 nitrogen and oxygen atoms in total. The lowest BCUT2D eigenvalue weighted by molar-refractivity contribution is -0.135. The number of ether oxygens (including phenoxy) is 1. The van der Waals surface area contributed by atoms with Crippen LogP contribution in [0.1, 0.15) is 17.3 Å². The Labute approximate surface area is 146 Å². The number of benzene rings is 1. The molecule has 1 aliphatic rings. The number of carbonyl (C=O) groups is 1. The van der Waals surface area contributed by atoms with E-state index in [0.717, 1.165) is 24.5 Å². The number of hydrogen-bond acceptors (Lipinski definition) is 5. The molecule has 1 saturated heterocycles. The number of nitrogens with zero attached hydrogens (tertiary/aromatic N) is 3. The number of para-hydroxylation sites is 1. The van der Waals surface area contributed by atoms with Crippen LogP contribution < -0.4 is 4.74 Å². The second-order valence-corrected chi connectivity index (χ2v) is 6.13. The van der Waals surface area contributed by atoms with E-state index in [2.05, 4.69) is 9.88 Å². The van der Waals surface area contributed by atoms with Gasteiger partial charge in [0.1, 0.15) is 5.76 Å². The van der Waals surface area contributed by atoms with Crippen molar-refractivity contribution in [1.82, 2.24) is 14.8 Å². The van der Waals surface area contributed by atoms with Crippen molar-refractivity contribution in [2.75, 3.05) is 32.8 Å². The van der Waals surface area contributed by atoms with E-state index in [1.54, 1.807) is 17.0 Å². The quantitative estimate of drug-likeness (QED) is 0.829. The molecule has 2 aromatic rings. The number of aryl methyl sites for hydroxylation is 2. The Morgan fingerprint density at radius 3 is 2.60 bits per heavy atom. The van der Waals surface area contributed by atoms with E-state index in [1.165, 1.54) is 12.1 Å². The molecule has 1 aromatic carbocycles. The highest BCUT2D eigenvalue weighted by molar-refractivity contribution is 5.77. The first-order valence-corrected chi connectivity index (χ1v) is 8.33. The summed E-state index contributed by atoms with van der Waals surface area (Å²) in [6.45, 7) is 7.02. The van der Waals surface area contributed by atoms with E-state index < -0.39 is 5.82 Å². The molecule has 0 bridgehead atoms. The van der Waals surface area contributed by atoms with Crippen molar-refractivity contribution in [3.05, 3.63) is 47.4 Å². The number of amides is 1. The lowest BCUT2D eigenvalue weighted by Gasteiger charge is -2.34. The van der Waals surface area contributed by atoms with Gasteiger partial charge in [-0.15, -0.1) is 0 Å². The van der Waals surface area contributed by atoms with Crippen LogP contribution in [0.2, 0.25) is 0 Å². The number of hydrogen-bond donors (Lipinski definition) is 0. The van der Waals surface area contributed by atoms with Crippen LogP contribution in [0.4, 0.5) is 4.39 Å². The van der Waals surface area contributed by atoms with Gasteiger partial charge in [0.2, 0.25) is 5.89 Å². The molecule has 1 amide bonds. The molecular weight excluding hydrogens is 325 g/mol. The van der Waals surface area contributed by atoms with Crippen molar-refractivity contribution in [3.63, 3.8) is 0 Å². The third-order valence-corrected chi connectivity index (χ3v) is 4.34. The van der Waals surface area contributed by atoms with E-state index in [4.69, 9.17) is 9.15 Å². The zero-order valence-electron chi connectivity index (χ0n) is 14.5. The van der Waals surface area contributed by atoms with Crippen molar-refractivity contribution in [1.29, 1.82) is 0 Å². The van der Waals surface area contributed by atoms with Crippen LogP contribution in [0.5, 0.6) is 5.75 Å². The summed E-state index contributed by atoms with van der Waals surface area (Å²) in [6, 6.07) is 6.08. The SMILES string of the molecule is Cc1nc(CN2CCN(C(=O)COc3ccccc3F)CC2)oc1C. The van der Waals surface area contributed by atoms with Crippen LogP contribution in [0, 0.1) is 19.7 Å². The largest absolute Gasteiger partial charge is 0.481 e. The maximum absolute atomic E-state index is 13.5. The number of aromatic nitrogens is 1. The molecule has 0 aliphatic carbocycles. The van der Waals surface area contributed by atoms with Crippen LogP contribution in [0.15, 0.2) is 28.7 Å². The molecule has 3 rings (SSSR count). The second kappa shape index (κ2) is 7.65. The highest BCUT2D eigenvalue weighted by atomic mass is 19.1. The Morgan fingerprint density at radius 1 is 1.24 bits per heavy atom. The van der Waals surface area contributed by atoms with E-state index in [0.29, 0.717) is 25.5 Å². The molecule has 7 heteroatoms. The van der Waals surface area contributed by atoms with Gasteiger partial charge in [0.05, 0.1) is 12.2 Å². The van der Waals surface area contributed by atoms with Crippen LogP contribution in [0.3, 0.4) is 0 Å². The first kappa shape index (κ1) is 17.4. The first-order valence-electron chi connectivity index (χ1n) is 8.33. The summed E-state index contributed by atoms with van der Waals surface area (Å²) >= 11 is 0. The third kappa shape index (κ3) is 4.36. The van der Waals surface area contributed by atoms with Crippen LogP contribution >= 0.6 is 0 Å². The summed E-state index contributed by atoms with van der Waals surface area (Å²) in [5, 5.41) is 0. The highest BCUT2D eigenvalue weighted by Crippen LogP contribution is 2.16. The Balaban J connectivity index is 1.45. The van der Waals surface area contributed by atoms with Gasteiger partial charge in [0.15, 0.2) is 18.2 Å². The summed E-state index contributed by atoms with van der Waals surface area (Å²) < 4.78 is 24.4. The molecule has 0 atom stereocenters. The fourth-order valence-corrected chi connectivity index (χ4v) is 2.75. The van der Waals surface area contributed by atoms with Gasteiger partial charge < -0.3 is 14.1 Å². The molecule has 0 saturated carbocycles. The van der Waals surface area contributed by atoms with Crippen molar-refractivity contribution in [2.45, 2.75) is 20.4 Å². The topological polar surface area (TPSA) is 58.8 Å². The minimum absolute atomic E-state index is 0.101. The summed E-state index contributed by atoms with van der Waals surface area (Å²) in [7, 11) is 0. The lowest BCUT2D eigenvalue weighted by atomic mass is 10.3. The van der Waals surface area contributed by atoms with E-state index >= 15 is 0 Å². The predicted octanol–water partition coefficient (Wildman–Crippen LogP) is 2.15. The minimum Gasteiger partial charge on any atom is -0.481 e. The number of piperazine rings is 1. The average molecular weight is 347 g/mol. The smallest absolute Gasteiger partial charge is 0.260 e. The van der Waals surface area contributed by atoms with Gasteiger partial charge in [-0.25, -0.2) is 9.37 Å². The average Bonchev–Trinajstić information content (AvgIpc) is 2.92. The van der Waals surface area contributed by atoms with Gasteiger partial charge in [-0.3, -0.25) is 9.69 Å². The van der Waals surface area contributed by atoms with E-state index in [9.17, 15) is 9.18 Å². The Hall–Kier alpha value is -2.41. The molecule has 134 valence electrons. The monoisotopic (exact) mass is 347 g/mol. The molecule has 1 fully saturated rings. The number of rotatable bonds is 5. The van der Waals surface area contributed by atoms with Gasteiger partial charge in [0, 0.05) is 26.2 Å². The van der Waals surface area contributed by atoms with Crippen molar-refractivity contribution >= 4 is 5.91 Å². The second-order valence-electron chi connectivity index (χ2n) is 6.13. The zero-order chi connectivity index (χ0) is 17.8. The van der Waals surface area contributed by atoms with Crippen molar-refractivity contribution < 1.29 is 18.3 Å². The van der Waals surface area contributed by atoms with Gasteiger partial charge in [0.25, 0.3) is 5.91 Å². The fraction of sp³-hybridized carbons (Fsp3) is 0.444. The van der Waals surface area contributed by atoms with E-state index in [-0.39, 0.29) is 18.3 Å². The molecule has 0 unspecified atom stereocenters. The van der Waals surface area contributed by atoms with E-state index in [1.807, 2.05) is 13.8 Å². The predicted molar refractivity (Wildman–Crippen MR) is 89.7 cm³/mol. The molecule has 0 N–H and O–H groups in total. The molecule has 25 heavy (non-hydrogen) atoms. The van der Waals surface area contributed by atoms with Gasteiger partial charge >= 0.3 is 0 Å². The van der Waals surface area contributed by atoms with Crippen LogP contribution in [0.25, 0.3) is 0 Å². The maximum atomic E-state index is 13.5. The van der Waals surface area contributed by atoms with Crippen LogP contribution in [-0.4, -0.2) is 53.5 Å². The number of carbonyl (C=O) groups excluding carboxylic acids is 1. The molecule has 1 aromatic heterocycles. The Morgan fingerprint density at radius 2 is 1.96 bits per heavy atom. The van der Waals surface area contributed by atoms with Gasteiger partial charge in [-0.2, -0.15) is 0 Å². The van der Waals surface area contributed by atoms with Gasteiger partial charge in [-0.05, 0) is 26.0 Å². The summed E-state index contributed by atoms with van der Waals surface area (Å²) in [5.74, 6) is 1.05. The summed E-state index contributed by atoms with van der Waals surface area (Å²) in [5.41, 5.74) is 0.911. The van der Waals surface area contributed by atoms with Crippen molar-refractivity contribution in [2.24, 2.45) is 0 Å². The van der Waals surface area contributed by atoms with Gasteiger partial charge in [-0.1, -0.05) is 12.1 Å². The first-order chi connectivity index (χ1) is 12.0. The maximum Gasteiger partial charge on any atom is 0.260 e. The number of oxazole rings is 1. The van der Waals surface area contributed by atoms with Crippen LogP contribution in [-0.2, 0) is 11.3 Å². The highest BCUT2D eigenvalue weighted by Gasteiger charge is 2.23.